The van der Waals surface area contributed by atoms with Gasteiger partial charge in [0.25, 0.3) is 5.91 Å². The molecule has 0 aliphatic carbocycles. The van der Waals surface area contributed by atoms with Gasteiger partial charge in [-0.3, -0.25) is 9.52 Å². The van der Waals surface area contributed by atoms with Crippen LogP contribution in [0.3, 0.4) is 0 Å². The monoisotopic (exact) mass is 284 g/mol. The molecule has 6 heteroatoms. The molecule has 0 saturated carbocycles. The van der Waals surface area contributed by atoms with E-state index in [0.29, 0.717) is 11.3 Å². The standard InChI is InChI=1S/C13H20N2O3S/c1-4-6-10(2)14-13(16)11-7-5-8-12(9-11)15-19(3,17)18/h5,7-10,15H,4,6H2,1-3H3,(H,14,16). The highest BCUT2D eigenvalue weighted by molar-refractivity contribution is 7.92. The third kappa shape index (κ3) is 5.74. The zero-order valence-corrected chi connectivity index (χ0v) is 12.3. The Hall–Kier alpha value is -1.56. The Morgan fingerprint density at radius 1 is 1.37 bits per heavy atom. The number of benzene rings is 1. The van der Waals surface area contributed by atoms with Crippen LogP contribution < -0.4 is 10.0 Å². The molecule has 1 atom stereocenters. The first kappa shape index (κ1) is 15.5. The van der Waals surface area contributed by atoms with Gasteiger partial charge in [-0.15, -0.1) is 0 Å². The van der Waals surface area contributed by atoms with E-state index in [0.717, 1.165) is 19.1 Å². The van der Waals surface area contributed by atoms with Gasteiger partial charge in [-0.2, -0.15) is 0 Å². The van der Waals surface area contributed by atoms with Crippen molar-refractivity contribution in [3.05, 3.63) is 29.8 Å². The Morgan fingerprint density at radius 3 is 2.63 bits per heavy atom. The van der Waals surface area contributed by atoms with Gasteiger partial charge in [-0.25, -0.2) is 8.42 Å². The van der Waals surface area contributed by atoms with E-state index in [1.165, 1.54) is 6.07 Å². The largest absolute Gasteiger partial charge is 0.350 e. The second kappa shape index (κ2) is 6.56. The van der Waals surface area contributed by atoms with E-state index in [2.05, 4.69) is 17.0 Å². The maximum Gasteiger partial charge on any atom is 0.251 e. The lowest BCUT2D eigenvalue weighted by molar-refractivity contribution is 0.0938. The van der Waals surface area contributed by atoms with Crippen molar-refractivity contribution in [2.45, 2.75) is 32.7 Å². The van der Waals surface area contributed by atoms with Crippen LogP contribution in [0.1, 0.15) is 37.0 Å². The van der Waals surface area contributed by atoms with Crippen LogP contribution in [-0.4, -0.2) is 26.6 Å². The van der Waals surface area contributed by atoms with Crippen LogP contribution in [0.5, 0.6) is 0 Å². The number of hydrogen-bond acceptors (Lipinski definition) is 3. The van der Waals surface area contributed by atoms with Gasteiger partial charge in [0.1, 0.15) is 0 Å². The van der Waals surface area contributed by atoms with Gasteiger partial charge in [0.2, 0.25) is 10.0 Å². The van der Waals surface area contributed by atoms with Crippen LogP contribution in [0, 0.1) is 0 Å². The fourth-order valence-electron chi connectivity index (χ4n) is 1.75. The number of rotatable bonds is 6. The minimum atomic E-state index is -3.33. The first-order chi connectivity index (χ1) is 8.81. The SMILES string of the molecule is CCCC(C)NC(=O)c1cccc(NS(C)(=O)=O)c1. The fraction of sp³-hybridized carbons (Fsp3) is 0.462. The molecular weight excluding hydrogens is 264 g/mol. The van der Waals surface area contributed by atoms with Crippen LogP contribution in [0.2, 0.25) is 0 Å². The topological polar surface area (TPSA) is 75.3 Å². The van der Waals surface area contributed by atoms with Gasteiger partial charge >= 0.3 is 0 Å². The molecule has 2 N–H and O–H groups in total. The summed E-state index contributed by atoms with van der Waals surface area (Å²) in [5, 5.41) is 2.87. The molecule has 1 rings (SSSR count). The van der Waals surface area contributed by atoms with Crippen molar-refractivity contribution in [2.75, 3.05) is 11.0 Å². The molecule has 1 amide bonds. The summed E-state index contributed by atoms with van der Waals surface area (Å²) in [7, 11) is -3.33. The maximum atomic E-state index is 12.0. The van der Waals surface area contributed by atoms with Gasteiger partial charge in [0.05, 0.1) is 6.26 Å². The Kier molecular flexibility index (Phi) is 5.35. The Labute approximate surface area is 114 Å². The normalized spacial score (nSPS) is 12.8. The summed E-state index contributed by atoms with van der Waals surface area (Å²) in [6.45, 7) is 4.00. The van der Waals surface area contributed by atoms with Gasteiger partial charge in [0, 0.05) is 17.3 Å². The highest BCUT2D eigenvalue weighted by Gasteiger charge is 2.10. The van der Waals surface area contributed by atoms with Crippen LogP contribution in [0.4, 0.5) is 5.69 Å². The molecule has 19 heavy (non-hydrogen) atoms. The second-order valence-electron chi connectivity index (χ2n) is 4.62. The number of hydrogen-bond donors (Lipinski definition) is 2. The van der Waals surface area contributed by atoms with E-state index in [4.69, 9.17) is 0 Å². The molecule has 0 spiro atoms. The molecule has 0 heterocycles. The third-order valence-electron chi connectivity index (χ3n) is 2.53. The number of amides is 1. The quantitative estimate of drug-likeness (QED) is 0.838. The van der Waals surface area contributed by atoms with Gasteiger partial charge < -0.3 is 5.32 Å². The lowest BCUT2D eigenvalue weighted by Gasteiger charge is -2.13. The molecule has 1 unspecified atom stereocenters. The summed E-state index contributed by atoms with van der Waals surface area (Å²) in [4.78, 5) is 12.0. The molecule has 106 valence electrons. The first-order valence-corrected chi connectivity index (χ1v) is 8.09. The minimum absolute atomic E-state index is 0.101. The lowest BCUT2D eigenvalue weighted by atomic mass is 10.1. The number of anilines is 1. The Bertz CT molecular complexity index is 541. The second-order valence-corrected chi connectivity index (χ2v) is 6.37. The van der Waals surface area contributed by atoms with Crippen molar-refractivity contribution in [1.82, 2.24) is 5.32 Å². The van der Waals surface area contributed by atoms with E-state index in [9.17, 15) is 13.2 Å². The van der Waals surface area contributed by atoms with Crippen molar-refractivity contribution in [3.8, 4) is 0 Å². The number of carbonyl (C=O) groups is 1. The Balaban J connectivity index is 2.78. The highest BCUT2D eigenvalue weighted by atomic mass is 32.2. The summed E-state index contributed by atoms with van der Waals surface area (Å²) < 4.78 is 24.6. The van der Waals surface area contributed by atoms with Gasteiger partial charge in [-0.05, 0) is 31.5 Å². The molecule has 0 bridgehead atoms. The molecule has 1 aromatic rings. The predicted molar refractivity (Wildman–Crippen MR) is 76.7 cm³/mol. The molecule has 0 aliphatic heterocycles. The zero-order valence-electron chi connectivity index (χ0n) is 11.4. The van der Waals surface area contributed by atoms with Crippen LogP contribution in [0.15, 0.2) is 24.3 Å². The molecule has 0 radical (unpaired) electrons. The number of carbonyl (C=O) groups excluding carboxylic acids is 1. The zero-order chi connectivity index (χ0) is 14.5. The molecule has 0 aromatic heterocycles. The van der Waals surface area contributed by atoms with Crippen molar-refractivity contribution in [1.29, 1.82) is 0 Å². The highest BCUT2D eigenvalue weighted by Crippen LogP contribution is 2.12. The van der Waals surface area contributed by atoms with E-state index in [1.807, 2.05) is 6.92 Å². The summed E-state index contributed by atoms with van der Waals surface area (Å²) >= 11 is 0. The van der Waals surface area contributed by atoms with E-state index >= 15 is 0 Å². The number of nitrogens with one attached hydrogen (secondary N) is 2. The van der Waals surface area contributed by atoms with E-state index in [1.54, 1.807) is 18.2 Å². The summed E-state index contributed by atoms with van der Waals surface area (Å²) in [6.07, 6.45) is 2.98. The smallest absolute Gasteiger partial charge is 0.251 e. The predicted octanol–water partition coefficient (Wildman–Crippen LogP) is 1.98. The summed E-state index contributed by atoms with van der Waals surface area (Å²) in [6, 6.07) is 6.53. The molecule has 0 saturated heterocycles. The molecule has 5 nitrogen and oxygen atoms in total. The lowest BCUT2D eigenvalue weighted by Crippen LogP contribution is -2.32. The van der Waals surface area contributed by atoms with Gasteiger partial charge in [-0.1, -0.05) is 19.4 Å². The average molecular weight is 284 g/mol. The van der Waals surface area contributed by atoms with Crippen LogP contribution >= 0.6 is 0 Å². The molecule has 1 aromatic carbocycles. The molecular formula is C13H20N2O3S. The number of sulfonamides is 1. The van der Waals surface area contributed by atoms with Crippen molar-refractivity contribution >= 4 is 21.6 Å². The third-order valence-corrected chi connectivity index (χ3v) is 3.13. The molecule has 0 fully saturated rings. The minimum Gasteiger partial charge on any atom is -0.350 e. The van der Waals surface area contributed by atoms with Crippen molar-refractivity contribution in [3.63, 3.8) is 0 Å². The van der Waals surface area contributed by atoms with Crippen molar-refractivity contribution < 1.29 is 13.2 Å². The Morgan fingerprint density at radius 2 is 2.05 bits per heavy atom. The van der Waals surface area contributed by atoms with E-state index < -0.39 is 10.0 Å². The summed E-state index contributed by atoms with van der Waals surface area (Å²) in [5.41, 5.74) is 0.829. The molecule has 0 aliphatic rings. The van der Waals surface area contributed by atoms with Crippen LogP contribution in [0.25, 0.3) is 0 Å². The first-order valence-electron chi connectivity index (χ1n) is 6.20. The summed E-state index contributed by atoms with van der Waals surface area (Å²) in [5.74, 6) is -0.196. The van der Waals surface area contributed by atoms with Gasteiger partial charge in [0.15, 0.2) is 0 Å². The fourth-order valence-corrected chi connectivity index (χ4v) is 2.31. The maximum absolute atomic E-state index is 12.0. The van der Waals surface area contributed by atoms with Crippen molar-refractivity contribution in [2.24, 2.45) is 0 Å². The average Bonchev–Trinajstić information content (AvgIpc) is 2.27. The van der Waals surface area contributed by atoms with E-state index in [-0.39, 0.29) is 11.9 Å². The van der Waals surface area contributed by atoms with Crippen LogP contribution in [-0.2, 0) is 10.0 Å².